The predicted molar refractivity (Wildman–Crippen MR) is 89.1 cm³/mol. The van der Waals surface area contributed by atoms with Gasteiger partial charge in [0.1, 0.15) is 18.2 Å². The first-order valence-corrected chi connectivity index (χ1v) is 7.74. The summed E-state index contributed by atoms with van der Waals surface area (Å²) in [7, 11) is 1.57. The number of benzene rings is 2. The highest BCUT2D eigenvalue weighted by Crippen LogP contribution is 2.23. The molecule has 0 bridgehead atoms. The number of ether oxygens (including phenoxy) is 1. The summed E-state index contributed by atoms with van der Waals surface area (Å²) in [6.45, 7) is 4.19. The molecule has 4 heteroatoms. The lowest BCUT2D eigenvalue weighted by Gasteiger charge is -2.14. The third-order valence-electron chi connectivity index (χ3n) is 3.81. The zero-order chi connectivity index (χ0) is 16.8. The van der Waals surface area contributed by atoms with E-state index in [1.807, 2.05) is 19.1 Å². The first-order chi connectivity index (χ1) is 11.0. The lowest BCUT2D eigenvalue weighted by Crippen LogP contribution is -2.21. The van der Waals surface area contributed by atoms with Crippen molar-refractivity contribution in [3.05, 3.63) is 64.5 Å². The Balaban J connectivity index is 2.22. The van der Waals surface area contributed by atoms with E-state index in [1.54, 1.807) is 19.2 Å². The number of carbonyl (C=O) groups excluding carboxylic acids is 1. The fraction of sp³-hybridized carbons (Fsp3) is 0.316. The fourth-order valence-corrected chi connectivity index (χ4v) is 2.47. The van der Waals surface area contributed by atoms with Crippen molar-refractivity contribution in [2.75, 3.05) is 7.05 Å². The van der Waals surface area contributed by atoms with Gasteiger partial charge < -0.3 is 10.1 Å². The maximum absolute atomic E-state index is 14.1. The molecule has 3 nitrogen and oxygen atoms in total. The molecule has 1 amide bonds. The van der Waals surface area contributed by atoms with Gasteiger partial charge in [0.2, 0.25) is 5.91 Å². The van der Waals surface area contributed by atoms with Crippen LogP contribution in [0.5, 0.6) is 5.75 Å². The second kappa shape index (κ2) is 7.77. The van der Waals surface area contributed by atoms with E-state index in [1.165, 1.54) is 11.6 Å². The topological polar surface area (TPSA) is 38.3 Å². The van der Waals surface area contributed by atoms with Gasteiger partial charge in [-0.25, -0.2) is 4.39 Å². The SMILES string of the molecule is CCc1cc(C)ccc1OCc1c(F)cccc1CC(=O)NC. The van der Waals surface area contributed by atoms with E-state index in [2.05, 4.69) is 18.3 Å². The van der Waals surface area contributed by atoms with E-state index in [4.69, 9.17) is 4.74 Å². The van der Waals surface area contributed by atoms with Gasteiger partial charge in [0.05, 0.1) is 6.42 Å². The Bertz CT molecular complexity index is 698. The highest BCUT2D eigenvalue weighted by Gasteiger charge is 2.13. The molecule has 0 radical (unpaired) electrons. The molecule has 2 rings (SSSR count). The molecule has 0 saturated carbocycles. The van der Waals surface area contributed by atoms with Crippen LogP contribution < -0.4 is 10.1 Å². The van der Waals surface area contributed by atoms with Gasteiger partial charge in [0.25, 0.3) is 0 Å². The Morgan fingerprint density at radius 3 is 2.70 bits per heavy atom. The molecule has 0 aliphatic rings. The summed E-state index contributed by atoms with van der Waals surface area (Å²) in [5.74, 6) is 0.255. The monoisotopic (exact) mass is 315 g/mol. The van der Waals surface area contributed by atoms with Crippen molar-refractivity contribution in [1.29, 1.82) is 0 Å². The average Bonchev–Trinajstić information content (AvgIpc) is 2.55. The standard InChI is InChI=1S/C19H22FNO2/c1-4-14-10-13(2)8-9-18(14)23-12-16-15(11-19(22)21-3)6-5-7-17(16)20/h5-10H,4,11-12H2,1-3H3,(H,21,22). The van der Waals surface area contributed by atoms with Gasteiger partial charge in [0.15, 0.2) is 0 Å². The molecule has 2 aromatic rings. The maximum Gasteiger partial charge on any atom is 0.224 e. The molecule has 23 heavy (non-hydrogen) atoms. The summed E-state index contributed by atoms with van der Waals surface area (Å²) in [4.78, 5) is 11.6. The van der Waals surface area contributed by atoms with E-state index in [0.717, 1.165) is 17.7 Å². The van der Waals surface area contributed by atoms with Crippen LogP contribution in [0.15, 0.2) is 36.4 Å². The number of carbonyl (C=O) groups is 1. The van der Waals surface area contributed by atoms with E-state index >= 15 is 0 Å². The summed E-state index contributed by atoms with van der Waals surface area (Å²) in [6, 6.07) is 10.7. The molecule has 0 aromatic heterocycles. The smallest absolute Gasteiger partial charge is 0.224 e. The van der Waals surface area contributed by atoms with E-state index in [0.29, 0.717) is 11.1 Å². The van der Waals surface area contributed by atoms with Gasteiger partial charge >= 0.3 is 0 Å². The van der Waals surface area contributed by atoms with Gasteiger partial charge in [-0.1, -0.05) is 36.8 Å². The predicted octanol–water partition coefficient (Wildman–Crippen LogP) is 3.56. The Morgan fingerprint density at radius 1 is 1.22 bits per heavy atom. The van der Waals surface area contributed by atoms with Crippen LogP contribution >= 0.6 is 0 Å². The highest BCUT2D eigenvalue weighted by atomic mass is 19.1. The van der Waals surface area contributed by atoms with Crippen molar-refractivity contribution in [2.24, 2.45) is 0 Å². The second-order valence-corrected chi connectivity index (χ2v) is 5.48. The highest BCUT2D eigenvalue weighted by molar-refractivity contribution is 5.78. The molecular formula is C19H22FNO2. The summed E-state index contributed by atoms with van der Waals surface area (Å²) < 4.78 is 20.0. The van der Waals surface area contributed by atoms with Gasteiger partial charge in [-0.05, 0) is 36.6 Å². The number of hydrogen-bond donors (Lipinski definition) is 1. The van der Waals surface area contributed by atoms with Crippen LogP contribution in [0, 0.1) is 12.7 Å². The number of hydrogen-bond acceptors (Lipinski definition) is 2. The van der Waals surface area contributed by atoms with Crippen LogP contribution in [-0.2, 0) is 24.2 Å². The van der Waals surface area contributed by atoms with Crippen LogP contribution in [0.1, 0.15) is 29.2 Å². The minimum absolute atomic E-state index is 0.106. The number of amides is 1. The first kappa shape index (κ1) is 17.0. The van der Waals surface area contributed by atoms with Gasteiger partial charge in [-0.2, -0.15) is 0 Å². The summed E-state index contributed by atoms with van der Waals surface area (Å²) >= 11 is 0. The number of aryl methyl sites for hydroxylation is 2. The van der Waals surface area contributed by atoms with Crippen molar-refractivity contribution >= 4 is 5.91 Å². The normalized spacial score (nSPS) is 10.4. The van der Waals surface area contributed by atoms with E-state index in [9.17, 15) is 9.18 Å². The second-order valence-electron chi connectivity index (χ2n) is 5.48. The summed E-state index contributed by atoms with van der Waals surface area (Å²) in [5, 5.41) is 2.56. The molecule has 0 spiro atoms. The molecule has 1 N–H and O–H groups in total. The van der Waals surface area contributed by atoms with Gasteiger partial charge in [-0.3, -0.25) is 4.79 Å². The molecule has 0 saturated heterocycles. The van der Waals surface area contributed by atoms with Crippen LogP contribution in [0.2, 0.25) is 0 Å². The molecule has 0 fully saturated rings. The largest absolute Gasteiger partial charge is 0.489 e. The Labute approximate surface area is 136 Å². The lowest BCUT2D eigenvalue weighted by molar-refractivity contribution is -0.119. The van der Waals surface area contributed by atoms with Crippen molar-refractivity contribution in [1.82, 2.24) is 5.32 Å². The quantitative estimate of drug-likeness (QED) is 0.885. The van der Waals surface area contributed by atoms with Crippen LogP contribution in [0.3, 0.4) is 0 Å². The minimum atomic E-state index is -0.350. The van der Waals surface area contributed by atoms with Crippen molar-refractivity contribution in [3.8, 4) is 5.75 Å². The van der Waals surface area contributed by atoms with Gasteiger partial charge in [0, 0.05) is 12.6 Å². The molecule has 0 aliphatic heterocycles. The molecule has 0 unspecified atom stereocenters. The Morgan fingerprint density at radius 2 is 2.00 bits per heavy atom. The van der Waals surface area contributed by atoms with Gasteiger partial charge in [-0.15, -0.1) is 0 Å². The van der Waals surface area contributed by atoms with E-state index < -0.39 is 0 Å². The van der Waals surface area contributed by atoms with Crippen LogP contribution in [0.25, 0.3) is 0 Å². The number of likely N-dealkylation sites (N-methyl/N-ethyl adjacent to an activating group) is 1. The van der Waals surface area contributed by atoms with Crippen molar-refractivity contribution in [3.63, 3.8) is 0 Å². The number of halogens is 1. The fourth-order valence-electron chi connectivity index (χ4n) is 2.47. The molecule has 0 heterocycles. The third kappa shape index (κ3) is 4.31. The summed E-state index contributed by atoms with van der Waals surface area (Å²) in [6.07, 6.45) is 0.987. The maximum atomic E-state index is 14.1. The zero-order valence-electron chi connectivity index (χ0n) is 13.8. The minimum Gasteiger partial charge on any atom is -0.489 e. The molecule has 2 aromatic carbocycles. The van der Waals surface area contributed by atoms with Crippen LogP contribution in [-0.4, -0.2) is 13.0 Å². The van der Waals surface area contributed by atoms with Crippen molar-refractivity contribution < 1.29 is 13.9 Å². The average molecular weight is 315 g/mol. The molecular weight excluding hydrogens is 293 g/mol. The molecule has 0 atom stereocenters. The third-order valence-corrected chi connectivity index (χ3v) is 3.81. The van der Waals surface area contributed by atoms with Crippen LogP contribution in [0.4, 0.5) is 4.39 Å². The number of nitrogens with one attached hydrogen (secondary N) is 1. The number of rotatable bonds is 6. The molecule has 0 aliphatic carbocycles. The Kier molecular flexibility index (Phi) is 5.74. The summed E-state index contributed by atoms with van der Waals surface area (Å²) in [5.41, 5.74) is 3.34. The Hall–Kier alpha value is -2.36. The molecule has 122 valence electrons. The first-order valence-electron chi connectivity index (χ1n) is 7.74. The lowest BCUT2D eigenvalue weighted by atomic mass is 10.0. The zero-order valence-corrected chi connectivity index (χ0v) is 13.8. The van der Waals surface area contributed by atoms with E-state index in [-0.39, 0.29) is 24.8 Å². The van der Waals surface area contributed by atoms with Crippen molar-refractivity contribution in [2.45, 2.75) is 33.3 Å².